The maximum Gasteiger partial charge on any atom is 0.307 e. The van der Waals surface area contributed by atoms with Crippen LogP contribution in [-0.4, -0.2) is 60.0 Å². The van der Waals surface area contributed by atoms with Crippen molar-refractivity contribution in [1.82, 2.24) is 4.90 Å². The average molecular weight is 293 g/mol. The zero-order valence-electron chi connectivity index (χ0n) is 9.90. The molecule has 0 aromatic rings. The molecule has 1 aliphatic heterocycles. The predicted molar refractivity (Wildman–Crippen MR) is 66.9 cm³/mol. The molecule has 1 amide bonds. The minimum Gasteiger partial charge on any atom is -0.481 e. The summed E-state index contributed by atoms with van der Waals surface area (Å²) in [4.78, 5) is 24.2. The van der Waals surface area contributed by atoms with Crippen molar-refractivity contribution in [3.05, 3.63) is 0 Å². The van der Waals surface area contributed by atoms with E-state index in [4.69, 9.17) is 5.11 Å². The zero-order valence-corrected chi connectivity index (χ0v) is 11.5. The van der Waals surface area contributed by atoms with Crippen molar-refractivity contribution in [2.75, 3.05) is 24.3 Å². The molecule has 1 aliphatic carbocycles. The Bertz CT molecular complexity index is 475. The molecular formula is C10H15NO5S2. The summed E-state index contributed by atoms with van der Waals surface area (Å²) >= 11 is 1.50. The third-order valence-electron chi connectivity index (χ3n) is 3.29. The fourth-order valence-corrected chi connectivity index (χ4v) is 4.96. The Labute approximate surface area is 110 Å². The largest absolute Gasteiger partial charge is 0.481 e. The Kier molecular flexibility index (Phi) is 3.59. The highest BCUT2D eigenvalue weighted by atomic mass is 32.2. The molecule has 8 heteroatoms. The van der Waals surface area contributed by atoms with Crippen molar-refractivity contribution in [3.8, 4) is 0 Å². The van der Waals surface area contributed by atoms with E-state index in [1.807, 2.05) is 0 Å². The van der Waals surface area contributed by atoms with Gasteiger partial charge in [0.25, 0.3) is 0 Å². The van der Waals surface area contributed by atoms with E-state index in [1.54, 1.807) is 0 Å². The van der Waals surface area contributed by atoms with Crippen molar-refractivity contribution in [2.24, 2.45) is 11.8 Å². The molecule has 1 saturated heterocycles. The standard InChI is InChI=1S/C10H15NO5S2/c1-18(15,16)8-5-17-3-2-11(8)9(12)6-4-7(6)10(13)14/h6-8H,2-5H2,1H3,(H,13,14)/t6-,7+,8?/m1/s1. The highest BCUT2D eigenvalue weighted by Crippen LogP contribution is 2.41. The maximum absolute atomic E-state index is 12.1. The molecule has 0 bridgehead atoms. The van der Waals surface area contributed by atoms with Crippen LogP contribution in [0.2, 0.25) is 0 Å². The smallest absolute Gasteiger partial charge is 0.307 e. The maximum atomic E-state index is 12.1. The lowest BCUT2D eigenvalue weighted by molar-refractivity contribution is -0.142. The lowest BCUT2D eigenvalue weighted by atomic mass is 10.2. The van der Waals surface area contributed by atoms with Gasteiger partial charge in [0, 0.05) is 24.3 Å². The van der Waals surface area contributed by atoms with Crippen molar-refractivity contribution in [1.29, 1.82) is 0 Å². The van der Waals surface area contributed by atoms with Crippen molar-refractivity contribution in [2.45, 2.75) is 11.8 Å². The second-order valence-electron chi connectivity index (χ2n) is 4.68. The summed E-state index contributed by atoms with van der Waals surface area (Å²) in [6, 6.07) is 0. The summed E-state index contributed by atoms with van der Waals surface area (Å²) in [5.74, 6) is -1.40. The molecule has 18 heavy (non-hydrogen) atoms. The molecule has 2 fully saturated rings. The third-order valence-corrected chi connectivity index (χ3v) is 5.93. The van der Waals surface area contributed by atoms with Gasteiger partial charge in [0.05, 0.1) is 11.8 Å². The number of hydrogen-bond acceptors (Lipinski definition) is 5. The minimum atomic E-state index is -3.33. The second kappa shape index (κ2) is 4.73. The number of amides is 1. The molecule has 102 valence electrons. The number of carbonyl (C=O) groups excluding carboxylic acids is 1. The number of hydrogen-bond donors (Lipinski definition) is 1. The lowest BCUT2D eigenvalue weighted by Gasteiger charge is -2.34. The molecule has 0 spiro atoms. The summed E-state index contributed by atoms with van der Waals surface area (Å²) in [6.07, 6.45) is 1.44. The van der Waals surface area contributed by atoms with E-state index in [2.05, 4.69) is 0 Å². The number of carbonyl (C=O) groups is 2. The average Bonchev–Trinajstić information content (AvgIpc) is 3.07. The third kappa shape index (κ3) is 2.64. The Morgan fingerprint density at radius 1 is 1.33 bits per heavy atom. The van der Waals surface area contributed by atoms with E-state index in [1.165, 1.54) is 16.7 Å². The van der Waals surface area contributed by atoms with E-state index in [0.29, 0.717) is 24.5 Å². The van der Waals surface area contributed by atoms with Crippen LogP contribution in [0.1, 0.15) is 6.42 Å². The van der Waals surface area contributed by atoms with Crippen molar-refractivity contribution < 1.29 is 23.1 Å². The molecule has 0 aromatic carbocycles. The summed E-state index contributed by atoms with van der Waals surface area (Å²) < 4.78 is 23.3. The van der Waals surface area contributed by atoms with Crippen LogP contribution in [0.5, 0.6) is 0 Å². The zero-order chi connectivity index (χ0) is 13.5. The molecule has 1 saturated carbocycles. The molecule has 0 aromatic heterocycles. The van der Waals surface area contributed by atoms with E-state index >= 15 is 0 Å². The van der Waals surface area contributed by atoms with Gasteiger partial charge in [0.1, 0.15) is 5.37 Å². The van der Waals surface area contributed by atoms with E-state index in [9.17, 15) is 18.0 Å². The molecule has 1 N–H and O–H groups in total. The van der Waals surface area contributed by atoms with Crippen LogP contribution in [0, 0.1) is 11.8 Å². The molecule has 2 rings (SSSR count). The van der Waals surface area contributed by atoms with Gasteiger partial charge in [-0.15, -0.1) is 0 Å². The van der Waals surface area contributed by atoms with Gasteiger partial charge in [-0.05, 0) is 6.42 Å². The summed E-state index contributed by atoms with van der Waals surface area (Å²) in [5, 5.41) is 8.00. The van der Waals surface area contributed by atoms with Crippen LogP contribution in [0.15, 0.2) is 0 Å². The Hall–Kier alpha value is -0.760. The van der Waals surface area contributed by atoms with Gasteiger partial charge in [-0.25, -0.2) is 8.42 Å². The van der Waals surface area contributed by atoms with Crippen LogP contribution in [0.3, 0.4) is 0 Å². The molecule has 1 unspecified atom stereocenters. The number of aliphatic carboxylic acids is 1. The van der Waals surface area contributed by atoms with E-state index in [0.717, 1.165) is 6.26 Å². The fraction of sp³-hybridized carbons (Fsp3) is 0.800. The molecule has 3 atom stereocenters. The number of thioether (sulfide) groups is 1. The number of nitrogens with zero attached hydrogens (tertiary/aromatic N) is 1. The summed E-state index contributed by atoms with van der Waals surface area (Å²) in [7, 11) is -3.33. The van der Waals surface area contributed by atoms with E-state index < -0.39 is 33.0 Å². The highest BCUT2D eigenvalue weighted by Gasteiger charge is 2.51. The second-order valence-corrected chi connectivity index (χ2v) is 8.03. The van der Waals surface area contributed by atoms with Gasteiger partial charge in [-0.3, -0.25) is 9.59 Å². The van der Waals surface area contributed by atoms with Gasteiger partial charge < -0.3 is 10.0 Å². The van der Waals surface area contributed by atoms with Crippen LogP contribution in [0.4, 0.5) is 0 Å². The first-order chi connectivity index (χ1) is 8.32. The highest BCUT2D eigenvalue weighted by molar-refractivity contribution is 8.00. The predicted octanol–water partition coefficient (Wildman–Crippen LogP) is -0.347. The van der Waals surface area contributed by atoms with Crippen LogP contribution in [0.25, 0.3) is 0 Å². The molecule has 2 aliphatic rings. The normalized spacial score (nSPS) is 32.1. The fourth-order valence-electron chi connectivity index (χ4n) is 2.14. The Balaban J connectivity index is 2.11. The van der Waals surface area contributed by atoms with E-state index in [-0.39, 0.29) is 5.91 Å². The van der Waals surface area contributed by atoms with Gasteiger partial charge in [-0.2, -0.15) is 11.8 Å². The molecule has 0 radical (unpaired) electrons. The SMILES string of the molecule is CS(=O)(=O)C1CSCCN1C(=O)[C@@H]1C[C@@H]1C(=O)O. The monoisotopic (exact) mass is 293 g/mol. The molecule has 1 heterocycles. The number of rotatable bonds is 3. The van der Waals surface area contributed by atoms with Crippen LogP contribution in [-0.2, 0) is 19.4 Å². The number of carboxylic acid groups (broad SMARTS) is 1. The Morgan fingerprint density at radius 2 is 2.00 bits per heavy atom. The first-order valence-corrected chi connectivity index (χ1v) is 8.73. The lowest BCUT2D eigenvalue weighted by Crippen LogP contribution is -2.50. The van der Waals surface area contributed by atoms with Crippen molar-refractivity contribution >= 4 is 33.5 Å². The van der Waals surface area contributed by atoms with Crippen LogP contribution < -0.4 is 0 Å². The topological polar surface area (TPSA) is 91.8 Å². The first kappa shape index (κ1) is 13.7. The van der Waals surface area contributed by atoms with Gasteiger partial charge in [0.2, 0.25) is 5.91 Å². The summed E-state index contributed by atoms with van der Waals surface area (Å²) in [5.41, 5.74) is 0. The van der Waals surface area contributed by atoms with Crippen molar-refractivity contribution in [3.63, 3.8) is 0 Å². The molecule has 6 nitrogen and oxygen atoms in total. The Morgan fingerprint density at radius 3 is 2.50 bits per heavy atom. The minimum absolute atomic E-state index is 0.321. The van der Waals surface area contributed by atoms with Gasteiger partial charge in [-0.1, -0.05) is 0 Å². The quantitative estimate of drug-likeness (QED) is 0.765. The molecular weight excluding hydrogens is 278 g/mol. The van der Waals surface area contributed by atoms with Gasteiger partial charge >= 0.3 is 5.97 Å². The van der Waals surface area contributed by atoms with Gasteiger partial charge in [0.15, 0.2) is 9.84 Å². The van der Waals surface area contributed by atoms with Crippen LogP contribution >= 0.6 is 11.8 Å². The first-order valence-electron chi connectivity index (χ1n) is 5.62. The number of sulfone groups is 1. The summed E-state index contributed by atoms with van der Waals surface area (Å²) in [6.45, 7) is 0.379. The number of carboxylic acids is 1.